The van der Waals surface area contributed by atoms with Crippen LogP contribution in [0.15, 0.2) is 24.5 Å². The highest BCUT2D eigenvalue weighted by Gasteiger charge is 1.82. The molecule has 10 heavy (non-hydrogen) atoms. The summed E-state index contributed by atoms with van der Waals surface area (Å²) in [7, 11) is 0. The standard InChI is InChI=1S/C7H8N2S/c10-6-1-3-7-8-4-2-5-9-7/h1-5,10H,6H2. The fourth-order valence-corrected chi connectivity index (χ4v) is 0.660. The molecule has 0 unspecified atom stereocenters. The van der Waals surface area contributed by atoms with E-state index in [1.165, 1.54) is 0 Å². The third kappa shape index (κ3) is 2.19. The van der Waals surface area contributed by atoms with Crippen LogP contribution < -0.4 is 0 Å². The van der Waals surface area contributed by atoms with Crippen molar-refractivity contribution in [3.8, 4) is 0 Å². The van der Waals surface area contributed by atoms with Gasteiger partial charge in [-0.05, 0) is 12.1 Å². The molecule has 0 aliphatic heterocycles. The Morgan fingerprint density at radius 3 is 2.70 bits per heavy atom. The van der Waals surface area contributed by atoms with E-state index >= 15 is 0 Å². The maximum atomic E-state index is 4.01. The molecule has 1 rings (SSSR count). The zero-order valence-corrected chi connectivity index (χ0v) is 6.33. The van der Waals surface area contributed by atoms with E-state index in [0.29, 0.717) is 0 Å². The molecule has 0 atom stereocenters. The van der Waals surface area contributed by atoms with Crippen molar-refractivity contribution in [3.05, 3.63) is 30.4 Å². The molecule has 0 aliphatic carbocycles. The van der Waals surface area contributed by atoms with Gasteiger partial charge in [0.05, 0.1) is 0 Å². The second kappa shape index (κ2) is 4.06. The van der Waals surface area contributed by atoms with Crippen LogP contribution in [0.3, 0.4) is 0 Å². The summed E-state index contributed by atoms with van der Waals surface area (Å²) in [5.74, 6) is 1.45. The highest BCUT2D eigenvalue weighted by molar-refractivity contribution is 7.80. The van der Waals surface area contributed by atoms with E-state index in [1.807, 2.05) is 12.2 Å². The van der Waals surface area contributed by atoms with Gasteiger partial charge in [-0.1, -0.05) is 6.08 Å². The van der Waals surface area contributed by atoms with Gasteiger partial charge in [0.1, 0.15) is 0 Å². The molecule has 1 aromatic heterocycles. The van der Waals surface area contributed by atoms with Gasteiger partial charge in [-0.3, -0.25) is 0 Å². The maximum Gasteiger partial charge on any atom is 0.151 e. The summed E-state index contributed by atoms with van der Waals surface area (Å²) in [5, 5.41) is 0. The van der Waals surface area contributed by atoms with Gasteiger partial charge >= 0.3 is 0 Å². The summed E-state index contributed by atoms with van der Waals surface area (Å²) in [5.41, 5.74) is 0. The Bertz CT molecular complexity index is 208. The Balaban J connectivity index is 2.67. The lowest BCUT2D eigenvalue weighted by Gasteiger charge is -1.86. The van der Waals surface area contributed by atoms with Gasteiger partial charge in [-0.25, -0.2) is 9.97 Å². The second-order valence-corrected chi connectivity index (χ2v) is 2.06. The summed E-state index contributed by atoms with van der Waals surface area (Å²) in [6.45, 7) is 0. The molecule has 0 saturated carbocycles. The molecular formula is C7H8N2S. The van der Waals surface area contributed by atoms with E-state index in [2.05, 4.69) is 22.6 Å². The van der Waals surface area contributed by atoms with Gasteiger partial charge in [-0.2, -0.15) is 12.6 Å². The number of rotatable bonds is 2. The van der Waals surface area contributed by atoms with Gasteiger partial charge in [0.15, 0.2) is 5.82 Å². The first-order chi connectivity index (χ1) is 4.93. The van der Waals surface area contributed by atoms with E-state index in [1.54, 1.807) is 18.5 Å². The summed E-state index contributed by atoms with van der Waals surface area (Å²) < 4.78 is 0. The van der Waals surface area contributed by atoms with Crippen LogP contribution in [-0.2, 0) is 0 Å². The van der Waals surface area contributed by atoms with E-state index in [4.69, 9.17) is 0 Å². The van der Waals surface area contributed by atoms with Crippen LogP contribution in [0.5, 0.6) is 0 Å². The largest absolute Gasteiger partial charge is 0.237 e. The number of aromatic nitrogens is 2. The number of hydrogen-bond donors (Lipinski definition) is 1. The Morgan fingerprint density at radius 2 is 2.10 bits per heavy atom. The molecule has 0 fully saturated rings. The van der Waals surface area contributed by atoms with E-state index < -0.39 is 0 Å². The molecule has 0 amide bonds. The molecule has 3 heteroatoms. The molecule has 1 heterocycles. The zero-order valence-electron chi connectivity index (χ0n) is 5.44. The summed E-state index contributed by atoms with van der Waals surface area (Å²) in [4.78, 5) is 7.97. The van der Waals surface area contributed by atoms with E-state index in [9.17, 15) is 0 Å². The number of thiol groups is 1. The minimum Gasteiger partial charge on any atom is -0.237 e. The predicted molar refractivity (Wildman–Crippen MR) is 44.9 cm³/mol. The van der Waals surface area contributed by atoms with Crippen LogP contribution in [0, 0.1) is 0 Å². The van der Waals surface area contributed by atoms with Gasteiger partial charge in [-0.15, -0.1) is 0 Å². The van der Waals surface area contributed by atoms with Crippen molar-refractivity contribution in [3.63, 3.8) is 0 Å². The van der Waals surface area contributed by atoms with Crippen molar-refractivity contribution >= 4 is 18.7 Å². The number of nitrogens with zero attached hydrogens (tertiary/aromatic N) is 2. The minimum absolute atomic E-state index is 0.720. The fraction of sp³-hybridized carbons (Fsp3) is 0.143. The Morgan fingerprint density at radius 1 is 1.40 bits per heavy atom. The monoisotopic (exact) mass is 152 g/mol. The van der Waals surface area contributed by atoms with Crippen LogP contribution in [0.1, 0.15) is 5.82 Å². The predicted octanol–water partition coefficient (Wildman–Crippen LogP) is 1.42. The molecule has 0 bridgehead atoms. The Hall–Kier alpha value is -0.830. The summed E-state index contributed by atoms with van der Waals surface area (Å²) in [6.07, 6.45) is 7.17. The van der Waals surface area contributed by atoms with Crippen molar-refractivity contribution in [1.29, 1.82) is 0 Å². The van der Waals surface area contributed by atoms with Crippen molar-refractivity contribution < 1.29 is 0 Å². The average Bonchev–Trinajstić information content (AvgIpc) is 2.03. The fourth-order valence-electron chi connectivity index (χ4n) is 0.555. The lowest BCUT2D eigenvalue weighted by Crippen LogP contribution is -1.82. The molecular weight excluding hydrogens is 144 g/mol. The SMILES string of the molecule is SCC=Cc1ncccn1. The molecule has 52 valence electrons. The summed E-state index contributed by atoms with van der Waals surface area (Å²) >= 11 is 4.01. The Kier molecular flexibility index (Phi) is 2.96. The lowest BCUT2D eigenvalue weighted by atomic mass is 10.5. The van der Waals surface area contributed by atoms with Crippen molar-refractivity contribution in [2.45, 2.75) is 0 Å². The van der Waals surface area contributed by atoms with Gasteiger partial charge < -0.3 is 0 Å². The lowest BCUT2D eigenvalue weighted by molar-refractivity contribution is 1.13. The molecule has 0 saturated heterocycles. The molecule has 0 N–H and O–H groups in total. The zero-order chi connectivity index (χ0) is 7.23. The molecule has 0 radical (unpaired) electrons. The van der Waals surface area contributed by atoms with Gasteiger partial charge in [0, 0.05) is 18.1 Å². The highest BCUT2D eigenvalue weighted by atomic mass is 32.1. The van der Waals surface area contributed by atoms with Gasteiger partial charge in [0.25, 0.3) is 0 Å². The quantitative estimate of drug-likeness (QED) is 0.648. The van der Waals surface area contributed by atoms with Crippen LogP contribution >= 0.6 is 12.6 Å². The first kappa shape index (κ1) is 7.28. The molecule has 0 aliphatic rings. The summed E-state index contributed by atoms with van der Waals surface area (Å²) in [6, 6.07) is 1.79. The average molecular weight is 152 g/mol. The molecule has 2 nitrogen and oxygen atoms in total. The highest BCUT2D eigenvalue weighted by Crippen LogP contribution is 1.90. The topological polar surface area (TPSA) is 25.8 Å². The first-order valence-electron chi connectivity index (χ1n) is 2.98. The van der Waals surface area contributed by atoms with Crippen LogP contribution in [-0.4, -0.2) is 15.7 Å². The second-order valence-electron chi connectivity index (χ2n) is 1.69. The van der Waals surface area contributed by atoms with E-state index in [0.717, 1.165) is 11.6 Å². The van der Waals surface area contributed by atoms with Crippen LogP contribution in [0.2, 0.25) is 0 Å². The maximum absolute atomic E-state index is 4.01. The molecule has 0 spiro atoms. The van der Waals surface area contributed by atoms with Gasteiger partial charge in [0.2, 0.25) is 0 Å². The third-order valence-corrected chi connectivity index (χ3v) is 1.17. The smallest absolute Gasteiger partial charge is 0.151 e. The van der Waals surface area contributed by atoms with Crippen molar-refractivity contribution in [2.24, 2.45) is 0 Å². The molecule has 1 aromatic rings. The van der Waals surface area contributed by atoms with Crippen molar-refractivity contribution in [2.75, 3.05) is 5.75 Å². The Labute approximate surface area is 65.4 Å². The van der Waals surface area contributed by atoms with Crippen molar-refractivity contribution in [1.82, 2.24) is 9.97 Å². The normalized spacial score (nSPS) is 10.5. The van der Waals surface area contributed by atoms with Crippen LogP contribution in [0.25, 0.3) is 6.08 Å². The molecule has 0 aromatic carbocycles. The minimum atomic E-state index is 0.720. The third-order valence-electron chi connectivity index (χ3n) is 0.958. The first-order valence-corrected chi connectivity index (χ1v) is 3.61. The van der Waals surface area contributed by atoms with E-state index in [-0.39, 0.29) is 0 Å². The number of hydrogen-bond acceptors (Lipinski definition) is 3. The van der Waals surface area contributed by atoms with Crippen LogP contribution in [0.4, 0.5) is 0 Å².